The number of aromatic nitrogens is 1. The number of hydrogen-bond acceptors (Lipinski definition) is 6. The maximum absolute atomic E-state index is 10.0. The predicted molar refractivity (Wildman–Crippen MR) is 127 cm³/mol. The van der Waals surface area contributed by atoms with Crippen LogP contribution in [0, 0.1) is 0 Å². The first-order valence-electron chi connectivity index (χ1n) is 10.1. The fourth-order valence-electron chi connectivity index (χ4n) is 2.91. The quantitative estimate of drug-likeness (QED) is 0.457. The monoisotopic (exact) mass is 407 g/mol. The van der Waals surface area contributed by atoms with Crippen LogP contribution in [0.1, 0.15) is 47.7 Å². The zero-order valence-electron chi connectivity index (χ0n) is 18.0. The predicted octanol–water partition coefficient (Wildman–Crippen LogP) is 4.09. The van der Waals surface area contributed by atoms with Crippen LogP contribution in [0.5, 0.6) is 0 Å². The van der Waals surface area contributed by atoms with Gasteiger partial charge >= 0.3 is 0 Å². The lowest BCUT2D eigenvalue weighted by atomic mass is 9.88. The molecule has 3 rings (SSSR count). The highest BCUT2D eigenvalue weighted by molar-refractivity contribution is 5.74. The van der Waals surface area contributed by atoms with E-state index in [9.17, 15) is 4.79 Å². The number of nitrogens with one attached hydrogen (secondary N) is 1. The molecule has 0 bridgehead atoms. The Kier molecular flexibility index (Phi) is 11.3. The van der Waals surface area contributed by atoms with Crippen LogP contribution < -0.4 is 22.5 Å². The van der Waals surface area contributed by atoms with Crippen LogP contribution in [0.25, 0.3) is 0 Å². The Morgan fingerprint density at radius 1 is 0.967 bits per heavy atom. The lowest BCUT2D eigenvalue weighted by molar-refractivity contribution is 0.112. The molecule has 1 heterocycles. The van der Waals surface area contributed by atoms with E-state index in [-0.39, 0.29) is 5.92 Å². The number of benzene rings is 2. The fraction of sp³-hybridized carbons (Fsp3) is 0.250. The van der Waals surface area contributed by atoms with E-state index in [4.69, 9.17) is 17.2 Å². The van der Waals surface area contributed by atoms with Crippen molar-refractivity contribution in [2.45, 2.75) is 26.2 Å². The van der Waals surface area contributed by atoms with Crippen LogP contribution in [-0.4, -0.2) is 24.9 Å². The van der Waals surface area contributed by atoms with Gasteiger partial charge in [-0.25, -0.2) is 4.98 Å². The lowest BCUT2D eigenvalue weighted by Crippen LogP contribution is -2.15. The standard InChI is InChI=1S/C15H21N5.C7H6O.C2H6/c1-19-8-7-11(10-5-3-2-4-6-10)12-9-13(16)20-15(18)14(12)17;8-6-7-4-2-1-3-5-7;1-2/h2-6,9,11,19H,7-8,17H2,1H3,(H4,16,18,20);1-6H;1-2H3. The van der Waals surface area contributed by atoms with Gasteiger partial charge in [-0.05, 0) is 37.2 Å². The molecule has 0 aliphatic rings. The van der Waals surface area contributed by atoms with Gasteiger partial charge in [0.1, 0.15) is 17.9 Å². The summed E-state index contributed by atoms with van der Waals surface area (Å²) in [6.45, 7) is 4.88. The minimum Gasteiger partial charge on any atom is -0.396 e. The zero-order valence-corrected chi connectivity index (χ0v) is 18.0. The molecule has 0 saturated heterocycles. The number of nitrogens with two attached hydrogens (primary N) is 3. The first kappa shape index (κ1) is 24.7. The molecule has 1 unspecified atom stereocenters. The van der Waals surface area contributed by atoms with E-state index in [2.05, 4.69) is 22.4 Å². The van der Waals surface area contributed by atoms with Gasteiger partial charge in [-0.1, -0.05) is 74.5 Å². The van der Waals surface area contributed by atoms with Crippen LogP contribution >= 0.6 is 0 Å². The Hall–Kier alpha value is -3.38. The molecule has 1 atom stereocenters. The van der Waals surface area contributed by atoms with Crippen molar-refractivity contribution in [2.24, 2.45) is 0 Å². The van der Waals surface area contributed by atoms with E-state index in [1.807, 2.05) is 63.4 Å². The highest BCUT2D eigenvalue weighted by Crippen LogP contribution is 2.34. The summed E-state index contributed by atoms with van der Waals surface area (Å²) < 4.78 is 0. The van der Waals surface area contributed by atoms with Gasteiger partial charge in [0.25, 0.3) is 0 Å². The Morgan fingerprint density at radius 3 is 2.03 bits per heavy atom. The summed E-state index contributed by atoms with van der Waals surface area (Å²) in [5.74, 6) is 0.846. The molecule has 0 radical (unpaired) electrons. The molecule has 0 amide bonds. The number of nitrogen functional groups attached to an aromatic ring is 3. The number of carbonyl (C=O) groups excluding carboxylic acids is 1. The molecule has 6 nitrogen and oxygen atoms in total. The Morgan fingerprint density at radius 2 is 1.53 bits per heavy atom. The number of aldehydes is 1. The number of anilines is 3. The Bertz CT molecular complexity index is 870. The molecule has 3 aromatic rings. The first-order valence-corrected chi connectivity index (χ1v) is 10.1. The highest BCUT2D eigenvalue weighted by Gasteiger charge is 2.18. The minimum absolute atomic E-state index is 0.149. The normalized spacial score (nSPS) is 10.6. The van der Waals surface area contributed by atoms with Crippen LogP contribution in [0.3, 0.4) is 0 Å². The number of hydrogen-bond donors (Lipinski definition) is 4. The van der Waals surface area contributed by atoms with Gasteiger partial charge < -0.3 is 22.5 Å². The largest absolute Gasteiger partial charge is 0.396 e. The third-order valence-electron chi connectivity index (χ3n) is 4.34. The molecular weight excluding hydrogens is 374 g/mol. The second-order valence-corrected chi connectivity index (χ2v) is 6.32. The number of rotatable bonds is 6. The SMILES string of the molecule is CC.CNCCC(c1ccccc1)c1cc(N)nc(N)c1N.O=Cc1ccccc1. The molecule has 0 aliphatic heterocycles. The van der Waals surface area contributed by atoms with Gasteiger partial charge in [-0.15, -0.1) is 0 Å². The maximum atomic E-state index is 10.0. The number of carbonyl (C=O) groups is 1. The molecular formula is C24H33N5O. The first-order chi connectivity index (χ1) is 14.6. The van der Waals surface area contributed by atoms with Crippen LogP contribution in [0.15, 0.2) is 66.7 Å². The van der Waals surface area contributed by atoms with Crippen molar-refractivity contribution in [2.75, 3.05) is 30.8 Å². The summed E-state index contributed by atoms with van der Waals surface area (Å²) >= 11 is 0. The van der Waals surface area contributed by atoms with E-state index in [0.717, 1.165) is 30.4 Å². The third-order valence-corrected chi connectivity index (χ3v) is 4.34. The van der Waals surface area contributed by atoms with Gasteiger partial charge in [0.2, 0.25) is 0 Å². The van der Waals surface area contributed by atoms with Crippen molar-refractivity contribution >= 4 is 23.6 Å². The molecule has 30 heavy (non-hydrogen) atoms. The summed E-state index contributed by atoms with van der Waals surface area (Å²) in [5, 5.41) is 3.17. The molecule has 0 aliphatic carbocycles. The Balaban J connectivity index is 0.000000375. The van der Waals surface area contributed by atoms with E-state index in [1.165, 1.54) is 5.56 Å². The molecule has 0 fully saturated rings. The summed E-state index contributed by atoms with van der Waals surface area (Å²) in [6.07, 6.45) is 1.74. The fourth-order valence-corrected chi connectivity index (χ4v) is 2.91. The number of nitrogens with zero attached hydrogens (tertiary/aromatic N) is 1. The lowest BCUT2D eigenvalue weighted by Gasteiger charge is -2.20. The van der Waals surface area contributed by atoms with Gasteiger partial charge in [-0.2, -0.15) is 0 Å². The van der Waals surface area contributed by atoms with Crippen molar-refractivity contribution < 1.29 is 4.79 Å². The van der Waals surface area contributed by atoms with E-state index in [0.29, 0.717) is 17.3 Å². The molecule has 0 saturated carbocycles. The van der Waals surface area contributed by atoms with Gasteiger partial charge in [0, 0.05) is 11.5 Å². The smallest absolute Gasteiger partial charge is 0.150 e. The van der Waals surface area contributed by atoms with Crippen LogP contribution in [-0.2, 0) is 0 Å². The molecule has 6 heteroatoms. The second kappa shape index (κ2) is 13.7. The summed E-state index contributed by atoms with van der Waals surface area (Å²) in [5.41, 5.74) is 21.1. The van der Waals surface area contributed by atoms with E-state index in [1.54, 1.807) is 12.1 Å². The van der Waals surface area contributed by atoms with Crippen molar-refractivity contribution in [1.29, 1.82) is 0 Å². The van der Waals surface area contributed by atoms with Gasteiger partial charge in [0.15, 0.2) is 0 Å². The van der Waals surface area contributed by atoms with Gasteiger partial charge in [-0.3, -0.25) is 4.79 Å². The summed E-state index contributed by atoms with van der Waals surface area (Å²) in [6, 6.07) is 21.1. The minimum atomic E-state index is 0.149. The molecule has 0 spiro atoms. The molecule has 2 aromatic carbocycles. The van der Waals surface area contributed by atoms with Gasteiger partial charge in [0.05, 0.1) is 5.69 Å². The third kappa shape index (κ3) is 7.56. The summed E-state index contributed by atoms with van der Waals surface area (Å²) in [4.78, 5) is 14.0. The van der Waals surface area contributed by atoms with Crippen molar-refractivity contribution in [3.05, 3.63) is 83.4 Å². The second-order valence-electron chi connectivity index (χ2n) is 6.32. The van der Waals surface area contributed by atoms with Crippen molar-refractivity contribution in [3.8, 4) is 0 Å². The summed E-state index contributed by atoms with van der Waals surface area (Å²) in [7, 11) is 1.93. The van der Waals surface area contributed by atoms with E-state index < -0.39 is 0 Å². The van der Waals surface area contributed by atoms with Crippen LogP contribution in [0.2, 0.25) is 0 Å². The number of pyridine rings is 1. The topological polar surface area (TPSA) is 120 Å². The molecule has 160 valence electrons. The van der Waals surface area contributed by atoms with Crippen LogP contribution in [0.4, 0.5) is 17.3 Å². The van der Waals surface area contributed by atoms with E-state index >= 15 is 0 Å². The van der Waals surface area contributed by atoms with Crippen molar-refractivity contribution in [3.63, 3.8) is 0 Å². The molecule has 7 N–H and O–H groups in total. The highest BCUT2D eigenvalue weighted by atomic mass is 16.1. The van der Waals surface area contributed by atoms with Crippen molar-refractivity contribution in [1.82, 2.24) is 10.3 Å². The Labute approximate surface area is 179 Å². The maximum Gasteiger partial charge on any atom is 0.150 e. The zero-order chi connectivity index (χ0) is 22.4. The molecule has 1 aromatic heterocycles. The average molecular weight is 408 g/mol. The average Bonchev–Trinajstić information content (AvgIpc) is 2.80.